The van der Waals surface area contributed by atoms with Crippen molar-refractivity contribution in [2.45, 2.75) is 17.7 Å². The molecule has 0 aromatic carbocycles. The lowest BCUT2D eigenvalue weighted by Gasteiger charge is -2.00. The number of nitrogens with two attached hydrogens (primary N) is 1. The van der Waals surface area contributed by atoms with Crippen LogP contribution in [0, 0.1) is 0 Å². The monoisotopic (exact) mass is 191 g/mol. The Bertz CT molecular complexity index is 114. The van der Waals surface area contributed by atoms with Crippen LogP contribution in [0.4, 0.5) is 0 Å². The summed E-state index contributed by atoms with van der Waals surface area (Å²) in [6, 6.07) is 0. The van der Waals surface area contributed by atoms with Gasteiger partial charge >= 0.3 is 0 Å². The number of halogens is 1. The fourth-order valence-corrected chi connectivity index (χ4v) is 0.671. The Labute approximate surface area is 63.2 Å². The van der Waals surface area contributed by atoms with Crippen molar-refractivity contribution in [3.8, 4) is 0 Å². The van der Waals surface area contributed by atoms with Crippen LogP contribution in [-0.2, 0) is 4.79 Å². The van der Waals surface area contributed by atoms with Gasteiger partial charge in [0.25, 0.3) is 0 Å². The Morgan fingerprint density at radius 2 is 2.44 bits per heavy atom. The molecule has 0 aromatic rings. The summed E-state index contributed by atoms with van der Waals surface area (Å²) in [5.74, 6) is -0.308. The van der Waals surface area contributed by atoms with Crippen LogP contribution in [-0.4, -0.2) is 10.7 Å². The van der Waals surface area contributed by atoms with E-state index in [9.17, 15) is 4.79 Å². The van der Waals surface area contributed by atoms with Gasteiger partial charge in [-0.2, -0.15) is 0 Å². The maximum atomic E-state index is 10.3. The predicted octanol–water partition coefficient (Wildman–Crippen LogP) is 1.20. The Morgan fingerprint density at radius 3 is 2.78 bits per heavy atom. The molecular formula is C6H10BrNO. The maximum absolute atomic E-state index is 10.3. The van der Waals surface area contributed by atoms with E-state index in [4.69, 9.17) is 5.73 Å². The summed E-state index contributed by atoms with van der Waals surface area (Å²) in [7, 11) is 0. The van der Waals surface area contributed by atoms with Crippen molar-refractivity contribution in [2.24, 2.45) is 5.73 Å². The first kappa shape index (κ1) is 8.69. The Hall–Kier alpha value is -0.310. The molecule has 3 heteroatoms. The molecule has 0 fully saturated rings. The second-order valence-electron chi connectivity index (χ2n) is 1.74. The van der Waals surface area contributed by atoms with Crippen molar-refractivity contribution in [1.82, 2.24) is 0 Å². The molecule has 0 radical (unpaired) electrons. The third-order valence-electron chi connectivity index (χ3n) is 0.933. The van der Waals surface area contributed by atoms with Gasteiger partial charge in [-0.1, -0.05) is 22.0 Å². The fourth-order valence-electron chi connectivity index (χ4n) is 0.406. The first-order chi connectivity index (χ1) is 4.18. The molecule has 2 nitrogen and oxygen atoms in total. The zero-order chi connectivity index (χ0) is 7.28. The zero-order valence-corrected chi connectivity index (χ0v) is 6.73. The molecule has 9 heavy (non-hydrogen) atoms. The number of rotatable bonds is 4. The molecule has 52 valence electrons. The van der Waals surface area contributed by atoms with Gasteiger partial charge in [-0.05, 0) is 12.8 Å². The highest BCUT2D eigenvalue weighted by Crippen LogP contribution is 2.06. The Kier molecular flexibility index (Phi) is 4.40. The van der Waals surface area contributed by atoms with Crippen LogP contribution in [0.3, 0.4) is 0 Å². The van der Waals surface area contributed by atoms with Gasteiger partial charge in [0, 0.05) is 0 Å². The van der Waals surface area contributed by atoms with Gasteiger partial charge in [0.05, 0.1) is 4.83 Å². The number of allylic oxidation sites excluding steroid dienone is 1. The summed E-state index contributed by atoms with van der Waals surface area (Å²) < 4.78 is 0. The van der Waals surface area contributed by atoms with Crippen molar-refractivity contribution in [3.63, 3.8) is 0 Å². The number of carbonyl (C=O) groups is 1. The van der Waals surface area contributed by atoms with Crippen molar-refractivity contribution >= 4 is 21.8 Å². The molecule has 0 bridgehead atoms. The van der Waals surface area contributed by atoms with E-state index in [2.05, 4.69) is 22.5 Å². The zero-order valence-electron chi connectivity index (χ0n) is 5.14. The standard InChI is InChI=1S/C6H10BrNO/c1-2-3-4-5(7)6(8)9/h2,5H,1,3-4H2,(H2,8,9). The lowest BCUT2D eigenvalue weighted by molar-refractivity contribution is -0.117. The van der Waals surface area contributed by atoms with Gasteiger partial charge < -0.3 is 5.73 Å². The van der Waals surface area contributed by atoms with E-state index in [0.29, 0.717) is 0 Å². The molecule has 0 aliphatic rings. The molecule has 0 rings (SSSR count). The van der Waals surface area contributed by atoms with Gasteiger partial charge in [0.1, 0.15) is 0 Å². The SMILES string of the molecule is C=CCCC(Br)C(N)=O. The maximum Gasteiger partial charge on any atom is 0.231 e. The van der Waals surface area contributed by atoms with Crippen LogP contribution < -0.4 is 5.73 Å². The topological polar surface area (TPSA) is 43.1 Å². The molecule has 0 saturated heterocycles. The quantitative estimate of drug-likeness (QED) is 0.527. The van der Waals surface area contributed by atoms with Gasteiger partial charge in [0.15, 0.2) is 0 Å². The number of primary amides is 1. The first-order valence-corrected chi connectivity index (χ1v) is 3.64. The fraction of sp³-hybridized carbons (Fsp3) is 0.500. The van der Waals surface area contributed by atoms with E-state index >= 15 is 0 Å². The van der Waals surface area contributed by atoms with Crippen LogP contribution in [0.25, 0.3) is 0 Å². The average molecular weight is 192 g/mol. The smallest absolute Gasteiger partial charge is 0.231 e. The van der Waals surface area contributed by atoms with Crippen LogP contribution in [0.1, 0.15) is 12.8 Å². The molecule has 0 aromatic heterocycles. The highest BCUT2D eigenvalue weighted by atomic mass is 79.9. The van der Waals surface area contributed by atoms with Crippen molar-refractivity contribution in [2.75, 3.05) is 0 Å². The summed E-state index contributed by atoms with van der Waals surface area (Å²) in [4.78, 5) is 10.1. The third kappa shape index (κ3) is 4.21. The molecule has 0 heterocycles. The predicted molar refractivity (Wildman–Crippen MR) is 41.3 cm³/mol. The van der Waals surface area contributed by atoms with Crippen LogP contribution in [0.2, 0.25) is 0 Å². The Balaban J connectivity index is 3.37. The average Bonchev–Trinajstić information content (AvgIpc) is 1.82. The number of alkyl halides is 1. The number of carbonyl (C=O) groups excluding carboxylic acids is 1. The minimum Gasteiger partial charge on any atom is -0.369 e. The second kappa shape index (κ2) is 4.56. The minimum atomic E-state index is -0.308. The van der Waals surface area contributed by atoms with Crippen LogP contribution >= 0.6 is 15.9 Å². The van der Waals surface area contributed by atoms with Gasteiger partial charge in [-0.3, -0.25) is 4.79 Å². The van der Waals surface area contributed by atoms with Crippen molar-refractivity contribution in [3.05, 3.63) is 12.7 Å². The lowest BCUT2D eigenvalue weighted by atomic mass is 10.2. The van der Waals surface area contributed by atoms with E-state index in [1.165, 1.54) is 0 Å². The number of hydrogen-bond acceptors (Lipinski definition) is 1. The molecule has 0 spiro atoms. The number of amides is 1. The van der Waals surface area contributed by atoms with Gasteiger partial charge in [-0.25, -0.2) is 0 Å². The Morgan fingerprint density at radius 1 is 1.89 bits per heavy atom. The third-order valence-corrected chi connectivity index (χ3v) is 1.84. The minimum absolute atomic E-state index is 0.199. The second-order valence-corrected chi connectivity index (χ2v) is 2.84. The lowest BCUT2D eigenvalue weighted by Crippen LogP contribution is -2.22. The molecule has 0 saturated carbocycles. The van der Waals surface area contributed by atoms with Crippen molar-refractivity contribution < 1.29 is 4.79 Å². The van der Waals surface area contributed by atoms with Crippen molar-refractivity contribution in [1.29, 1.82) is 0 Å². The molecule has 2 N–H and O–H groups in total. The summed E-state index contributed by atoms with van der Waals surface area (Å²) in [6.45, 7) is 3.52. The van der Waals surface area contributed by atoms with E-state index in [-0.39, 0.29) is 10.7 Å². The molecule has 1 amide bonds. The van der Waals surface area contributed by atoms with Gasteiger partial charge in [0.2, 0.25) is 5.91 Å². The molecular weight excluding hydrogens is 182 g/mol. The summed E-state index contributed by atoms with van der Waals surface area (Å²) >= 11 is 3.12. The first-order valence-electron chi connectivity index (χ1n) is 2.72. The van der Waals surface area contributed by atoms with E-state index in [1.807, 2.05) is 0 Å². The van der Waals surface area contributed by atoms with E-state index < -0.39 is 0 Å². The molecule has 0 aliphatic heterocycles. The van der Waals surface area contributed by atoms with Crippen LogP contribution in [0.5, 0.6) is 0 Å². The molecule has 1 atom stereocenters. The molecule has 0 aliphatic carbocycles. The largest absolute Gasteiger partial charge is 0.369 e. The highest BCUT2D eigenvalue weighted by Gasteiger charge is 2.07. The summed E-state index contributed by atoms with van der Waals surface area (Å²) in [5, 5.41) is 0. The molecule has 1 unspecified atom stereocenters. The summed E-state index contributed by atoms with van der Waals surface area (Å²) in [6.07, 6.45) is 3.31. The van der Waals surface area contributed by atoms with E-state index in [1.54, 1.807) is 6.08 Å². The number of hydrogen-bond donors (Lipinski definition) is 1. The highest BCUT2D eigenvalue weighted by molar-refractivity contribution is 9.10. The normalized spacial score (nSPS) is 12.6. The van der Waals surface area contributed by atoms with E-state index in [0.717, 1.165) is 12.8 Å². The summed E-state index contributed by atoms with van der Waals surface area (Å²) in [5.41, 5.74) is 4.96. The van der Waals surface area contributed by atoms with Crippen LogP contribution in [0.15, 0.2) is 12.7 Å². The van der Waals surface area contributed by atoms with Gasteiger partial charge in [-0.15, -0.1) is 6.58 Å².